The summed E-state index contributed by atoms with van der Waals surface area (Å²) in [6, 6.07) is 9.53. The molecule has 9 rings (SSSR count). The van der Waals surface area contributed by atoms with Crippen molar-refractivity contribution in [3.8, 4) is 35.2 Å². The van der Waals surface area contributed by atoms with Crippen LogP contribution in [0.5, 0.6) is 11.8 Å². The summed E-state index contributed by atoms with van der Waals surface area (Å²) in [5.41, 5.74) is 0.0143. The van der Waals surface area contributed by atoms with E-state index in [2.05, 4.69) is 26.0 Å². The van der Waals surface area contributed by atoms with Crippen LogP contribution in [-0.4, -0.2) is 76.6 Å². The van der Waals surface area contributed by atoms with Crippen LogP contribution in [0.1, 0.15) is 37.7 Å². The van der Waals surface area contributed by atoms with Crippen LogP contribution in [0.4, 0.5) is 19.0 Å². The SMILES string of the molecule is C#Cc1c(F)ccc2cc(O)cc(-c3ccc4c(N5C[C@@H]6CCC5CN6)nc(OC[C@@]56CCCN5C[C@H](F)C6)nc4c3F)c12. The van der Waals surface area contributed by atoms with Crippen LogP contribution >= 0.6 is 0 Å². The Hall–Kier alpha value is -4.07. The number of fused-ring (bicyclic) bond motifs is 6. The molecule has 0 aliphatic carbocycles. The van der Waals surface area contributed by atoms with Crippen LogP contribution in [0.15, 0.2) is 36.4 Å². The number of phenols is 1. The van der Waals surface area contributed by atoms with Gasteiger partial charge in [0.15, 0.2) is 5.82 Å². The molecule has 6 heterocycles. The molecule has 5 aliphatic heterocycles. The number of anilines is 1. The van der Waals surface area contributed by atoms with E-state index in [1.165, 1.54) is 24.3 Å². The van der Waals surface area contributed by atoms with E-state index >= 15 is 4.39 Å². The average molecular weight is 600 g/mol. The Morgan fingerprint density at radius 2 is 2.00 bits per heavy atom. The third-order valence-corrected chi connectivity index (χ3v) is 10.1. The minimum Gasteiger partial charge on any atom is -0.508 e. The molecular formula is C34H32F3N5O2. The number of hydrogen-bond acceptors (Lipinski definition) is 7. The van der Waals surface area contributed by atoms with Crippen LogP contribution in [0.25, 0.3) is 32.8 Å². The molecule has 1 unspecified atom stereocenters. The van der Waals surface area contributed by atoms with Crippen molar-refractivity contribution in [2.75, 3.05) is 37.7 Å². The quantitative estimate of drug-likeness (QED) is 0.301. The molecular weight excluding hydrogens is 567 g/mol. The summed E-state index contributed by atoms with van der Waals surface area (Å²) >= 11 is 0. The maximum absolute atomic E-state index is 16.8. The van der Waals surface area contributed by atoms with Gasteiger partial charge in [-0.25, -0.2) is 13.2 Å². The summed E-state index contributed by atoms with van der Waals surface area (Å²) in [4.78, 5) is 13.8. The zero-order valence-electron chi connectivity index (χ0n) is 24.1. The molecule has 5 saturated heterocycles. The third kappa shape index (κ3) is 4.28. The van der Waals surface area contributed by atoms with Gasteiger partial charge in [0, 0.05) is 54.5 Å². The maximum Gasteiger partial charge on any atom is 0.319 e. The summed E-state index contributed by atoms with van der Waals surface area (Å²) in [6.45, 7) is 2.97. The lowest BCUT2D eigenvalue weighted by molar-refractivity contribution is 0.107. The van der Waals surface area contributed by atoms with Gasteiger partial charge in [0.2, 0.25) is 0 Å². The van der Waals surface area contributed by atoms with Gasteiger partial charge in [-0.3, -0.25) is 4.90 Å². The number of aromatic nitrogens is 2. The van der Waals surface area contributed by atoms with Gasteiger partial charge in [-0.15, -0.1) is 6.42 Å². The standard InChI is InChI=1S/C34H32F3N5O2/c1-2-24-28(36)9-4-19-12-23(43)13-27(29(19)24)25-7-8-26-31(30(25)37)39-33(40-32(26)42-17-21-5-6-22(42)15-38-21)44-18-34-10-3-11-41(34)16-20(35)14-34/h1,4,7-9,12-13,20-22,38,43H,3,5-6,10-11,14-18H2/t20-,21+,22?,34+/m1/s1. The summed E-state index contributed by atoms with van der Waals surface area (Å²) < 4.78 is 52.3. The number of terminal acetylenes is 1. The number of hydrogen-bond donors (Lipinski definition) is 2. The second-order valence-electron chi connectivity index (χ2n) is 12.7. The molecule has 4 aromatic rings. The fourth-order valence-electron chi connectivity index (χ4n) is 8.01. The monoisotopic (exact) mass is 599 g/mol. The Morgan fingerprint density at radius 1 is 1.11 bits per heavy atom. The summed E-state index contributed by atoms with van der Waals surface area (Å²) in [6.07, 6.45) is 9.03. The third-order valence-electron chi connectivity index (χ3n) is 10.1. The van der Waals surface area contributed by atoms with Crippen LogP contribution in [0.2, 0.25) is 0 Å². The second-order valence-corrected chi connectivity index (χ2v) is 12.7. The van der Waals surface area contributed by atoms with Gasteiger partial charge in [0.05, 0.1) is 11.1 Å². The number of halogens is 3. The Morgan fingerprint density at radius 3 is 2.77 bits per heavy atom. The number of benzene rings is 3. The molecule has 4 atom stereocenters. The Labute approximate surface area is 253 Å². The van der Waals surface area contributed by atoms with Gasteiger partial charge in [0.25, 0.3) is 0 Å². The average Bonchev–Trinajstić information content (AvgIpc) is 3.56. The van der Waals surface area contributed by atoms with Crippen molar-refractivity contribution in [1.82, 2.24) is 20.2 Å². The number of phenolic OH excluding ortho intramolecular Hbond substituents is 1. The minimum atomic E-state index is -0.904. The summed E-state index contributed by atoms with van der Waals surface area (Å²) in [5, 5.41) is 15.4. The number of aromatic hydroxyl groups is 1. The van der Waals surface area contributed by atoms with Gasteiger partial charge in [0.1, 0.15) is 35.7 Å². The Kier molecular flexibility index (Phi) is 6.40. The van der Waals surface area contributed by atoms with Crippen molar-refractivity contribution in [2.45, 2.75) is 55.9 Å². The van der Waals surface area contributed by atoms with E-state index in [0.29, 0.717) is 41.0 Å². The van der Waals surface area contributed by atoms with Gasteiger partial charge < -0.3 is 20.1 Å². The number of rotatable bonds is 5. The van der Waals surface area contributed by atoms with Crippen LogP contribution in [0, 0.1) is 24.0 Å². The molecule has 0 spiro atoms. The highest BCUT2D eigenvalue weighted by Crippen LogP contribution is 2.43. The van der Waals surface area contributed by atoms with Gasteiger partial charge in [-0.1, -0.05) is 18.1 Å². The molecule has 5 fully saturated rings. The van der Waals surface area contributed by atoms with Crippen molar-refractivity contribution < 1.29 is 23.0 Å². The molecule has 226 valence electrons. The second kappa shape index (κ2) is 10.2. The molecule has 2 bridgehead atoms. The van der Waals surface area contributed by atoms with E-state index < -0.39 is 23.3 Å². The summed E-state index contributed by atoms with van der Waals surface area (Å²) in [7, 11) is 0. The molecule has 44 heavy (non-hydrogen) atoms. The van der Waals surface area contributed by atoms with Crippen LogP contribution in [0.3, 0.4) is 0 Å². The highest BCUT2D eigenvalue weighted by molar-refractivity contribution is 6.04. The molecule has 5 aliphatic rings. The number of piperidine rings is 2. The van der Waals surface area contributed by atoms with Crippen molar-refractivity contribution >= 4 is 27.5 Å². The zero-order chi connectivity index (χ0) is 30.2. The van der Waals surface area contributed by atoms with Gasteiger partial charge >= 0.3 is 6.01 Å². The molecule has 3 aromatic carbocycles. The molecule has 0 saturated carbocycles. The molecule has 0 radical (unpaired) electrons. The molecule has 0 amide bonds. The van der Waals surface area contributed by atoms with Gasteiger partial charge in [-0.05, 0) is 67.4 Å². The predicted octanol–water partition coefficient (Wildman–Crippen LogP) is 5.31. The van der Waals surface area contributed by atoms with Crippen LogP contribution in [-0.2, 0) is 0 Å². The zero-order valence-corrected chi connectivity index (χ0v) is 24.1. The first-order valence-electron chi connectivity index (χ1n) is 15.3. The molecule has 2 N–H and O–H groups in total. The Bertz CT molecular complexity index is 1850. The predicted molar refractivity (Wildman–Crippen MR) is 163 cm³/mol. The topological polar surface area (TPSA) is 73.8 Å². The fraction of sp³-hybridized carbons (Fsp3) is 0.412. The van der Waals surface area contributed by atoms with E-state index in [1.807, 2.05) is 0 Å². The van der Waals surface area contributed by atoms with E-state index in [0.717, 1.165) is 45.3 Å². The first-order chi connectivity index (χ1) is 21.3. The number of nitrogens with one attached hydrogen (secondary N) is 1. The highest BCUT2D eigenvalue weighted by Gasteiger charge is 2.49. The molecule has 7 nitrogen and oxygen atoms in total. The first kappa shape index (κ1) is 27.5. The first-order valence-corrected chi connectivity index (χ1v) is 15.3. The Balaban J connectivity index is 1.29. The lowest BCUT2D eigenvalue weighted by Crippen LogP contribution is -2.61. The molecule has 10 heteroatoms. The van der Waals surface area contributed by atoms with Crippen molar-refractivity contribution in [3.63, 3.8) is 0 Å². The van der Waals surface area contributed by atoms with E-state index in [1.54, 1.807) is 12.1 Å². The van der Waals surface area contributed by atoms with Crippen molar-refractivity contribution in [1.29, 1.82) is 0 Å². The molecule has 1 aromatic heterocycles. The number of nitrogens with zero attached hydrogens (tertiary/aromatic N) is 4. The number of alkyl halides is 1. The lowest BCUT2D eigenvalue weighted by Gasteiger charge is -2.46. The largest absolute Gasteiger partial charge is 0.508 e. The minimum absolute atomic E-state index is 0.00987. The summed E-state index contributed by atoms with van der Waals surface area (Å²) in [5.74, 6) is 1.63. The van der Waals surface area contributed by atoms with Crippen molar-refractivity contribution in [2.24, 2.45) is 0 Å². The number of ether oxygens (including phenoxy) is 1. The van der Waals surface area contributed by atoms with E-state index in [-0.39, 0.29) is 46.6 Å². The smallest absolute Gasteiger partial charge is 0.319 e. The lowest BCUT2D eigenvalue weighted by atomic mass is 9.92. The van der Waals surface area contributed by atoms with Crippen molar-refractivity contribution in [3.05, 3.63) is 53.6 Å². The van der Waals surface area contributed by atoms with E-state index in [9.17, 15) is 13.9 Å². The van der Waals surface area contributed by atoms with E-state index in [4.69, 9.17) is 16.1 Å². The normalized spacial score (nSPS) is 26.4. The van der Waals surface area contributed by atoms with Gasteiger partial charge in [-0.2, -0.15) is 9.97 Å². The van der Waals surface area contributed by atoms with Crippen LogP contribution < -0.4 is 15.0 Å². The maximum atomic E-state index is 16.8. The highest BCUT2D eigenvalue weighted by atomic mass is 19.1. The fourth-order valence-corrected chi connectivity index (χ4v) is 8.01. The number of piperazine rings is 1.